The van der Waals surface area contributed by atoms with Gasteiger partial charge in [0.25, 0.3) is 0 Å². The van der Waals surface area contributed by atoms with Crippen molar-refractivity contribution in [2.24, 2.45) is 0 Å². The number of likely N-dealkylation sites (tertiary alicyclic amines) is 1. The second-order valence-corrected chi connectivity index (χ2v) is 5.87. The summed E-state index contributed by atoms with van der Waals surface area (Å²) in [6, 6.07) is 1.92. The summed E-state index contributed by atoms with van der Waals surface area (Å²) < 4.78 is 2.69. The lowest BCUT2D eigenvalue weighted by molar-refractivity contribution is 0.120. The van der Waals surface area contributed by atoms with Gasteiger partial charge in [-0.05, 0) is 41.5 Å². The van der Waals surface area contributed by atoms with Gasteiger partial charge in [-0.1, -0.05) is 0 Å². The number of nitrogens with two attached hydrogens (primary N) is 1. The van der Waals surface area contributed by atoms with Crippen LogP contribution < -0.4 is 5.73 Å². The van der Waals surface area contributed by atoms with Crippen molar-refractivity contribution in [2.75, 3.05) is 18.8 Å². The van der Waals surface area contributed by atoms with Crippen molar-refractivity contribution >= 4 is 45.4 Å². The number of hydrogen-bond acceptors (Lipinski definition) is 4. The summed E-state index contributed by atoms with van der Waals surface area (Å²) in [5.74, 6) is 0.462. The smallest absolute Gasteiger partial charge is 0.407 e. The van der Waals surface area contributed by atoms with Crippen LogP contribution in [0.5, 0.6) is 0 Å². The predicted molar refractivity (Wildman–Crippen MR) is 82.5 cm³/mol. The van der Waals surface area contributed by atoms with Gasteiger partial charge in [-0.25, -0.2) is 9.78 Å². The zero-order chi connectivity index (χ0) is 14.3. The van der Waals surface area contributed by atoms with E-state index >= 15 is 0 Å². The maximum atomic E-state index is 11.1. The summed E-state index contributed by atoms with van der Waals surface area (Å²) in [5, 5.41) is 14.5. The van der Waals surface area contributed by atoms with Crippen LogP contribution in [0.3, 0.4) is 0 Å². The minimum atomic E-state index is -0.873. The number of anilines is 1. The van der Waals surface area contributed by atoms with Gasteiger partial charge in [-0.15, -0.1) is 0 Å². The molecular weight excluding hydrogens is 373 g/mol. The molecule has 1 saturated heterocycles. The fourth-order valence-corrected chi connectivity index (χ4v) is 3.46. The number of halogens is 1. The largest absolute Gasteiger partial charge is 0.465 e. The highest BCUT2D eigenvalue weighted by molar-refractivity contribution is 14.1. The van der Waals surface area contributed by atoms with E-state index in [1.807, 2.05) is 10.7 Å². The molecule has 2 aromatic heterocycles. The molecule has 1 unspecified atom stereocenters. The van der Waals surface area contributed by atoms with E-state index in [4.69, 9.17) is 10.8 Å². The molecule has 1 aliphatic heterocycles. The van der Waals surface area contributed by atoms with E-state index in [0.29, 0.717) is 18.9 Å². The van der Waals surface area contributed by atoms with Crippen LogP contribution in [-0.2, 0) is 0 Å². The molecule has 0 saturated carbocycles. The van der Waals surface area contributed by atoms with E-state index in [2.05, 4.69) is 32.7 Å². The van der Waals surface area contributed by atoms with Crippen molar-refractivity contribution in [1.82, 2.24) is 19.7 Å². The summed E-state index contributed by atoms with van der Waals surface area (Å²) in [5.41, 5.74) is 6.82. The minimum Gasteiger partial charge on any atom is -0.465 e. The topological polar surface area (TPSA) is 97.3 Å². The number of piperidine rings is 1. The Morgan fingerprint density at radius 2 is 2.35 bits per heavy atom. The van der Waals surface area contributed by atoms with Crippen molar-refractivity contribution in [3.05, 3.63) is 16.0 Å². The Kier molecular flexibility index (Phi) is 3.40. The second kappa shape index (κ2) is 5.08. The van der Waals surface area contributed by atoms with Crippen molar-refractivity contribution in [3.8, 4) is 0 Å². The third-order valence-electron chi connectivity index (χ3n) is 3.62. The Labute approximate surface area is 128 Å². The lowest BCUT2D eigenvalue weighted by Gasteiger charge is -2.31. The molecule has 0 radical (unpaired) electrons. The third-order valence-corrected chi connectivity index (χ3v) is 4.37. The van der Waals surface area contributed by atoms with Crippen LogP contribution in [0, 0.1) is 3.70 Å². The molecule has 0 spiro atoms. The number of amides is 1. The molecular formula is C12H14IN5O2. The molecule has 0 bridgehead atoms. The molecule has 3 heterocycles. The van der Waals surface area contributed by atoms with Gasteiger partial charge >= 0.3 is 6.09 Å². The third kappa shape index (κ3) is 2.17. The fourth-order valence-electron chi connectivity index (χ4n) is 2.67. The van der Waals surface area contributed by atoms with Crippen LogP contribution >= 0.6 is 22.6 Å². The van der Waals surface area contributed by atoms with Gasteiger partial charge in [0.2, 0.25) is 0 Å². The molecule has 1 aliphatic rings. The van der Waals surface area contributed by atoms with Gasteiger partial charge in [0.1, 0.15) is 9.52 Å². The van der Waals surface area contributed by atoms with Crippen LogP contribution in [-0.4, -0.2) is 44.0 Å². The number of nitrogen functional groups attached to an aromatic ring is 1. The van der Waals surface area contributed by atoms with E-state index in [1.165, 1.54) is 4.90 Å². The molecule has 3 rings (SSSR count). The molecule has 106 valence electrons. The number of fused-ring (bicyclic) bond motifs is 1. The molecule has 1 fully saturated rings. The average molecular weight is 387 g/mol. The first-order valence-corrected chi connectivity index (χ1v) is 7.42. The minimum absolute atomic E-state index is 0.0488. The van der Waals surface area contributed by atoms with E-state index in [1.54, 1.807) is 6.20 Å². The first kappa shape index (κ1) is 13.4. The molecule has 7 nitrogen and oxygen atoms in total. The standard InChI is InChI=1S/C12H14IN5O2/c13-10-9-8(3-4-15-11(9)14)18(16-10)7-2-1-5-17(6-7)12(19)20/h3-4,7H,1-2,5-6H2,(H2,14,15)(H,19,20). The number of aromatic nitrogens is 3. The van der Waals surface area contributed by atoms with E-state index in [-0.39, 0.29) is 6.04 Å². The first-order chi connectivity index (χ1) is 9.58. The van der Waals surface area contributed by atoms with Crippen LogP contribution in [0.4, 0.5) is 10.6 Å². The Morgan fingerprint density at radius 1 is 1.55 bits per heavy atom. The zero-order valence-corrected chi connectivity index (χ0v) is 12.8. The number of hydrogen-bond donors (Lipinski definition) is 2. The van der Waals surface area contributed by atoms with E-state index < -0.39 is 6.09 Å². The van der Waals surface area contributed by atoms with Crippen LogP contribution in [0.2, 0.25) is 0 Å². The molecule has 2 aromatic rings. The van der Waals surface area contributed by atoms with Crippen LogP contribution in [0.25, 0.3) is 10.9 Å². The highest BCUT2D eigenvalue weighted by Crippen LogP contribution is 2.30. The zero-order valence-electron chi connectivity index (χ0n) is 10.7. The number of carbonyl (C=O) groups is 1. The molecule has 0 aromatic carbocycles. The molecule has 1 atom stereocenters. The van der Waals surface area contributed by atoms with Gasteiger partial charge in [0.15, 0.2) is 0 Å². The van der Waals surface area contributed by atoms with Gasteiger partial charge in [0.05, 0.1) is 16.9 Å². The summed E-state index contributed by atoms with van der Waals surface area (Å²) in [7, 11) is 0. The Bertz CT molecular complexity index is 671. The average Bonchev–Trinajstić information content (AvgIpc) is 2.78. The van der Waals surface area contributed by atoms with Crippen LogP contribution in [0.1, 0.15) is 18.9 Å². The predicted octanol–water partition coefficient (Wildman–Crippen LogP) is 1.93. The van der Waals surface area contributed by atoms with Crippen molar-refractivity contribution in [3.63, 3.8) is 0 Å². The fraction of sp³-hybridized carbons (Fsp3) is 0.417. The Balaban J connectivity index is 2.02. The molecule has 3 N–H and O–H groups in total. The quantitative estimate of drug-likeness (QED) is 0.729. The molecule has 0 aliphatic carbocycles. The van der Waals surface area contributed by atoms with E-state index in [0.717, 1.165) is 27.4 Å². The lowest BCUT2D eigenvalue weighted by Crippen LogP contribution is -2.40. The molecule has 8 heteroatoms. The van der Waals surface area contributed by atoms with Gasteiger partial charge in [0, 0.05) is 19.3 Å². The highest BCUT2D eigenvalue weighted by atomic mass is 127. The maximum absolute atomic E-state index is 11.1. The SMILES string of the molecule is Nc1nccc2c1c(I)nn2C1CCCN(C(=O)O)C1. The maximum Gasteiger partial charge on any atom is 0.407 e. The number of pyridine rings is 1. The van der Waals surface area contributed by atoms with Crippen LogP contribution in [0.15, 0.2) is 12.3 Å². The first-order valence-electron chi connectivity index (χ1n) is 6.34. The Morgan fingerprint density at radius 3 is 3.10 bits per heavy atom. The monoisotopic (exact) mass is 387 g/mol. The summed E-state index contributed by atoms with van der Waals surface area (Å²) in [6.07, 6.45) is 2.54. The van der Waals surface area contributed by atoms with Crippen molar-refractivity contribution in [2.45, 2.75) is 18.9 Å². The van der Waals surface area contributed by atoms with Crippen molar-refractivity contribution < 1.29 is 9.90 Å². The van der Waals surface area contributed by atoms with Gasteiger partial charge in [-0.3, -0.25) is 4.68 Å². The van der Waals surface area contributed by atoms with E-state index in [9.17, 15) is 4.79 Å². The molecule has 20 heavy (non-hydrogen) atoms. The normalized spacial score (nSPS) is 19.4. The molecule has 1 amide bonds. The van der Waals surface area contributed by atoms with Crippen molar-refractivity contribution in [1.29, 1.82) is 0 Å². The summed E-state index contributed by atoms with van der Waals surface area (Å²) in [6.45, 7) is 1.05. The Hall–Kier alpha value is -1.58. The lowest BCUT2D eigenvalue weighted by atomic mass is 10.1. The summed E-state index contributed by atoms with van der Waals surface area (Å²) >= 11 is 2.14. The number of nitrogens with zero attached hydrogens (tertiary/aromatic N) is 4. The highest BCUT2D eigenvalue weighted by Gasteiger charge is 2.27. The van der Waals surface area contributed by atoms with Gasteiger partial charge < -0.3 is 15.7 Å². The number of carboxylic acid groups (broad SMARTS) is 1. The summed E-state index contributed by atoms with van der Waals surface area (Å²) in [4.78, 5) is 16.6. The second-order valence-electron chi connectivity index (χ2n) is 4.85. The van der Waals surface area contributed by atoms with Gasteiger partial charge in [-0.2, -0.15) is 5.10 Å². The number of rotatable bonds is 1.